The first-order valence-electron chi connectivity index (χ1n) is 6.83. The summed E-state index contributed by atoms with van der Waals surface area (Å²) in [7, 11) is 2.03. The molecule has 2 aliphatic rings. The Kier molecular flexibility index (Phi) is 2.83. The average Bonchev–Trinajstić information content (AvgIpc) is 3.09. The molecule has 0 bridgehead atoms. The van der Waals surface area contributed by atoms with E-state index in [-0.39, 0.29) is 0 Å². The summed E-state index contributed by atoms with van der Waals surface area (Å²) in [6.45, 7) is 4.73. The van der Waals surface area contributed by atoms with Gasteiger partial charge in [0.2, 0.25) is 0 Å². The zero-order valence-electron chi connectivity index (χ0n) is 10.9. The number of anilines is 1. The first-order chi connectivity index (χ1) is 8.28. The van der Waals surface area contributed by atoms with E-state index in [9.17, 15) is 0 Å². The molecule has 0 amide bonds. The Bertz CT molecular complexity index is 409. The minimum absolute atomic E-state index is 0.456. The van der Waals surface area contributed by atoms with Gasteiger partial charge in [0.05, 0.1) is 0 Å². The number of nitrogens with zero attached hydrogens (tertiary/aromatic N) is 1. The Hall–Kier alpha value is -1.02. The zero-order chi connectivity index (χ0) is 11.8. The van der Waals surface area contributed by atoms with Gasteiger partial charge in [-0.2, -0.15) is 0 Å². The van der Waals surface area contributed by atoms with E-state index in [1.165, 1.54) is 43.6 Å². The van der Waals surface area contributed by atoms with Crippen molar-refractivity contribution in [2.75, 3.05) is 25.0 Å². The van der Waals surface area contributed by atoms with E-state index in [0.717, 1.165) is 5.92 Å². The van der Waals surface area contributed by atoms with Gasteiger partial charge in [-0.05, 0) is 56.3 Å². The van der Waals surface area contributed by atoms with Crippen LogP contribution in [-0.2, 0) is 6.42 Å². The minimum atomic E-state index is 0.456. The van der Waals surface area contributed by atoms with Crippen LogP contribution in [0.5, 0.6) is 0 Å². The molecule has 92 valence electrons. The van der Waals surface area contributed by atoms with Crippen molar-refractivity contribution >= 4 is 5.69 Å². The first kappa shape index (κ1) is 11.1. The van der Waals surface area contributed by atoms with Gasteiger partial charge < -0.3 is 10.2 Å². The summed E-state index contributed by atoms with van der Waals surface area (Å²) < 4.78 is 0. The molecule has 1 atom stereocenters. The van der Waals surface area contributed by atoms with Crippen LogP contribution in [0, 0.1) is 5.92 Å². The van der Waals surface area contributed by atoms with Crippen molar-refractivity contribution in [3.63, 3.8) is 0 Å². The smallest absolute Gasteiger partial charge is 0.0399 e. The normalized spacial score (nSPS) is 20.5. The van der Waals surface area contributed by atoms with Crippen LogP contribution in [0.15, 0.2) is 18.2 Å². The lowest BCUT2D eigenvalue weighted by Gasteiger charge is -2.20. The molecule has 1 N–H and O–H groups in total. The topological polar surface area (TPSA) is 15.3 Å². The lowest BCUT2D eigenvalue weighted by molar-refractivity contribution is 0.652. The van der Waals surface area contributed by atoms with E-state index in [2.05, 4.69) is 35.3 Å². The predicted molar refractivity (Wildman–Crippen MR) is 72.6 cm³/mol. The van der Waals surface area contributed by atoms with E-state index >= 15 is 0 Å². The van der Waals surface area contributed by atoms with Crippen molar-refractivity contribution in [2.45, 2.75) is 32.2 Å². The highest BCUT2D eigenvalue weighted by Crippen LogP contribution is 2.36. The van der Waals surface area contributed by atoms with Crippen LogP contribution in [0.1, 0.15) is 36.9 Å². The van der Waals surface area contributed by atoms with Crippen LogP contribution in [-0.4, -0.2) is 20.1 Å². The van der Waals surface area contributed by atoms with E-state index in [0.29, 0.717) is 6.04 Å². The molecule has 1 aromatic carbocycles. The van der Waals surface area contributed by atoms with Gasteiger partial charge >= 0.3 is 0 Å². The summed E-state index contributed by atoms with van der Waals surface area (Å²) in [6, 6.07) is 7.46. The number of rotatable bonds is 4. The third-order valence-electron chi connectivity index (χ3n) is 4.20. The second-order valence-corrected chi connectivity index (χ2v) is 5.54. The van der Waals surface area contributed by atoms with Crippen LogP contribution in [0.4, 0.5) is 5.69 Å². The van der Waals surface area contributed by atoms with Gasteiger partial charge in [-0.1, -0.05) is 12.1 Å². The molecule has 0 saturated heterocycles. The number of fused-ring (bicyclic) bond motifs is 1. The monoisotopic (exact) mass is 230 g/mol. The van der Waals surface area contributed by atoms with Gasteiger partial charge in [0.25, 0.3) is 0 Å². The fourth-order valence-electron chi connectivity index (χ4n) is 2.73. The third-order valence-corrected chi connectivity index (χ3v) is 4.20. The second-order valence-electron chi connectivity index (χ2n) is 5.54. The van der Waals surface area contributed by atoms with Crippen molar-refractivity contribution in [3.8, 4) is 0 Å². The van der Waals surface area contributed by atoms with Gasteiger partial charge in [0.1, 0.15) is 0 Å². The van der Waals surface area contributed by atoms with E-state index < -0.39 is 0 Å². The lowest BCUT2D eigenvalue weighted by Crippen LogP contribution is -2.22. The summed E-state index contributed by atoms with van der Waals surface area (Å²) in [5.74, 6) is 0.983. The van der Waals surface area contributed by atoms with Crippen molar-refractivity contribution in [1.82, 2.24) is 5.32 Å². The van der Waals surface area contributed by atoms with Crippen LogP contribution in [0.25, 0.3) is 0 Å². The molecule has 0 radical (unpaired) electrons. The number of benzene rings is 1. The Morgan fingerprint density at radius 2 is 2.24 bits per heavy atom. The molecule has 1 aromatic rings. The molecule has 1 aliphatic carbocycles. The van der Waals surface area contributed by atoms with Gasteiger partial charge in [0, 0.05) is 24.8 Å². The Balaban J connectivity index is 1.80. The SMILES string of the molecule is CNC(C)c1ccc2c(c1)CCN2CC1CC1. The van der Waals surface area contributed by atoms with Crippen molar-refractivity contribution in [2.24, 2.45) is 5.92 Å². The fraction of sp³-hybridized carbons (Fsp3) is 0.600. The zero-order valence-corrected chi connectivity index (χ0v) is 10.9. The first-order valence-corrected chi connectivity index (χ1v) is 6.83. The largest absolute Gasteiger partial charge is 0.371 e. The van der Waals surface area contributed by atoms with Gasteiger partial charge in [-0.3, -0.25) is 0 Å². The van der Waals surface area contributed by atoms with E-state index in [4.69, 9.17) is 0 Å². The number of nitrogens with one attached hydrogen (secondary N) is 1. The summed E-state index contributed by atoms with van der Waals surface area (Å²) >= 11 is 0. The molecule has 1 unspecified atom stereocenters. The summed E-state index contributed by atoms with van der Waals surface area (Å²) in [5, 5.41) is 3.31. The fourth-order valence-corrected chi connectivity index (χ4v) is 2.73. The van der Waals surface area contributed by atoms with Gasteiger partial charge in [0.15, 0.2) is 0 Å². The summed E-state index contributed by atoms with van der Waals surface area (Å²) in [4.78, 5) is 2.58. The average molecular weight is 230 g/mol. The lowest BCUT2D eigenvalue weighted by atomic mass is 10.0. The molecule has 2 heteroatoms. The highest BCUT2D eigenvalue weighted by Gasteiger charge is 2.28. The second kappa shape index (κ2) is 4.34. The maximum atomic E-state index is 3.31. The highest BCUT2D eigenvalue weighted by atomic mass is 15.2. The maximum absolute atomic E-state index is 3.31. The standard InChI is InChI=1S/C15H22N2/c1-11(16-2)13-5-6-15-14(9-13)7-8-17(15)10-12-3-4-12/h5-6,9,11-12,16H,3-4,7-8,10H2,1-2H3. The van der Waals surface area contributed by atoms with E-state index in [1.807, 2.05) is 7.05 Å². The minimum Gasteiger partial charge on any atom is -0.371 e. The molecule has 2 nitrogen and oxygen atoms in total. The van der Waals surface area contributed by atoms with Crippen molar-refractivity contribution < 1.29 is 0 Å². The molecule has 1 fully saturated rings. The van der Waals surface area contributed by atoms with Crippen molar-refractivity contribution in [3.05, 3.63) is 29.3 Å². The van der Waals surface area contributed by atoms with Crippen LogP contribution in [0.2, 0.25) is 0 Å². The predicted octanol–water partition coefficient (Wildman–Crippen LogP) is 2.74. The molecule has 0 aromatic heterocycles. The van der Waals surface area contributed by atoms with Crippen LogP contribution in [0.3, 0.4) is 0 Å². The number of hydrogen-bond acceptors (Lipinski definition) is 2. The van der Waals surface area contributed by atoms with Crippen molar-refractivity contribution in [1.29, 1.82) is 0 Å². The Morgan fingerprint density at radius 3 is 2.94 bits per heavy atom. The molecule has 1 heterocycles. The Morgan fingerprint density at radius 1 is 1.41 bits per heavy atom. The third kappa shape index (κ3) is 2.19. The highest BCUT2D eigenvalue weighted by molar-refractivity contribution is 5.59. The molecule has 1 aliphatic heterocycles. The number of hydrogen-bond donors (Lipinski definition) is 1. The molecule has 1 saturated carbocycles. The molecule has 0 spiro atoms. The van der Waals surface area contributed by atoms with Gasteiger partial charge in [-0.25, -0.2) is 0 Å². The maximum Gasteiger partial charge on any atom is 0.0399 e. The molecule has 3 rings (SSSR count). The molecular formula is C15H22N2. The van der Waals surface area contributed by atoms with Crippen LogP contribution < -0.4 is 10.2 Å². The summed E-state index contributed by atoms with van der Waals surface area (Å²) in [6.07, 6.45) is 4.12. The van der Waals surface area contributed by atoms with Gasteiger partial charge in [-0.15, -0.1) is 0 Å². The van der Waals surface area contributed by atoms with Crippen LogP contribution >= 0.6 is 0 Å². The van der Waals surface area contributed by atoms with E-state index in [1.54, 1.807) is 5.56 Å². The Labute approximate surface area is 104 Å². The summed E-state index contributed by atoms with van der Waals surface area (Å²) in [5.41, 5.74) is 4.45. The molecule has 17 heavy (non-hydrogen) atoms. The quantitative estimate of drug-likeness (QED) is 0.855. The molecular weight excluding hydrogens is 208 g/mol.